The Morgan fingerprint density at radius 2 is 1.87 bits per heavy atom. The lowest BCUT2D eigenvalue weighted by Gasteiger charge is -2.08. The summed E-state index contributed by atoms with van der Waals surface area (Å²) >= 11 is 0. The predicted molar refractivity (Wildman–Crippen MR) is 47.8 cm³/mol. The third-order valence-electron chi connectivity index (χ3n) is 1.38. The van der Waals surface area contributed by atoms with E-state index in [1.807, 2.05) is 0 Å². The monoisotopic (exact) mass is 256 g/mol. The summed E-state index contributed by atoms with van der Waals surface area (Å²) in [5.74, 6) is 0. The van der Waals surface area contributed by atoms with E-state index in [0.717, 1.165) is 4.31 Å². The van der Waals surface area contributed by atoms with Gasteiger partial charge in [0.05, 0.1) is 0 Å². The van der Waals surface area contributed by atoms with Gasteiger partial charge in [-0.3, -0.25) is 4.55 Å². The normalized spacial score (nSPS) is 13.3. The second-order valence-corrected chi connectivity index (χ2v) is 5.98. The molecule has 11 heteroatoms. The van der Waals surface area contributed by atoms with E-state index in [0.29, 0.717) is 10.4 Å². The summed E-state index contributed by atoms with van der Waals surface area (Å²) in [5.41, 5.74) is 0. The average Bonchev–Trinajstić information content (AvgIpc) is 2.50. The Bertz CT molecular complexity index is 556. The molecule has 0 spiro atoms. The molecule has 0 aliphatic rings. The minimum atomic E-state index is -4.59. The van der Waals surface area contributed by atoms with Gasteiger partial charge in [-0.1, -0.05) is 0 Å². The fourth-order valence-corrected chi connectivity index (χ4v) is 1.74. The minimum absolute atomic E-state index is 0.343. The van der Waals surface area contributed by atoms with Crippen molar-refractivity contribution in [2.75, 3.05) is 14.1 Å². The van der Waals surface area contributed by atoms with E-state index < -0.39 is 25.5 Å². The first-order valence-corrected chi connectivity index (χ1v) is 6.31. The third kappa shape index (κ3) is 2.31. The molecular formula is C4H8N4O5S2. The second-order valence-electron chi connectivity index (χ2n) is 2.66. The summed E-state index contributed by atoms with van der Waals surface area (Å²) in [6, 6.07) is 0. The van der Waals surface area contributed by atoms with Gasteiger partial charge < -0.3 is 0 Å². The van der Waals surface area contributed by atoms with Crippen LogP contribution in [0.3, 0.4) is 0 Å². The van der Waals surface area contributed by atoms with Gasteiger partial charge in [-0.15, -0.1) is 9.19 Å². The van der Waals surface area contributed by atoms with Crippen molar-refractivity contribution >= 4 is 20.3 Å². The first kappa shape index (κ1) is 12.0. The Kier molecular flexibility index (Phi) is 2.82. The molecular weight excluding hydrogens is 248 g/mol. The molecule has 15 heavy (non-hydrogen) atoms. The lowest BCUT2D eigenvalue weighted by molar-refractivity contribution is 0.473. The van der Waals surface area contributed by atoms with Crippen molar-refractivity contribution in [1.29, 1.82) is 0 Å². The van der Waals surface area contributed by atoms with Gasteiger partial charge in [-0.25, -0.2) is 4.98 Å². The molecule has 1 aromatic rings. The number of rotatable bonds is 3. The van der Waals surface area contributed by atoms with Crippen molar-refractivity contribution in [3.63, 3.8) is 0 Å². The van der Waals surface area contributed by atoms with Crippen molar-refractivity contribution in [3.05, 3.63) is 6.33 Å². The molecule has 0 bridgehead atoms. The van der Waals surface area contributed by atoms with E-state index in [2.05, 4.69) is 10.1 Å². The Morgan fingerprint density at radius 1 is 1.33 bits per heavy atom. The maximum atomic E-state index is 11.4. The van der Waals surface area contributed by atoms with E-state index in [1.54, 1.807) is 0 Å². The van der Waals surface area contributed by atoms with Crippen molar-refractivity contribution < 1.29 is 21.4 Å². The van der Waals surface area contributed by atoms with Gasteiger partial charge >= 0.3 is 20.3 Å². The van der Waals surface area contributed by atoms with Gasteiger partial charge in [0.25, 0.3) is 5.16 Å². The zero-order chi connectivity index (χ0) is 11.9. The minimum Gasteiger partial charge on any atom is -0.279 e. The maximum Gasteiger partial charge on any atom is 0.332 e. The smallest absolute Gasteiger partial charge is 0.279 e. The number of hydrogen-bond acceptors (Lipinski definition) is 6. The molecule has 0 radical (unpaired) electrons. The van der Waals surface area contributed by atoms with Crippen molar-refractivity contribution in [1.82, 2.24) is 18.5 Å². The molecule has 0 fully saturated rings. The molecule has 1 heterocycles. The lowest BCUT2D eigenvalue weighted by Crippen LogP contribution is -2.29. The molecule has 1 N–H and O–H groups in total. The van der Waals surface area contributed by atoms with Crippen LogP contribution in [-0.2, 0) is 20.3 Å². The maximum absolute atomic E-state index is 11.4. The van der Waals surface area contributed by atoms with Gasteiger partial charge in [0.1, 0.15) is 6.33 Å². The summed E-state index contributed by atoms with van der Waals surface area (Å²) in [6.45, 7) is 0. The first-order chi connectivity index (χ1) is 6.65. The molecule has 0 aromatic carbocycles. The Balaban J connectivity index is 3.28. The highest BCUT2D eigenvalue weighted by Gasteiger charge is 2.22. The second kappa shape index (κ2) is 3.52. The molecule has 0 atom stereocenters. The number of aromatic nitrogens is 3. The summed E-state index contributed by atoms with van der Waals surface area (Å²) < 4.78 is 53.6. The zero-order valence-electron chi connectivity index (χ0n) is 7.76. The molecule has 0 saturated heterocycles. The zero-order valence-corrected chi connectivity index (χ0v) is 9.40. The quantitative estimate of drug-likeness (QED) is 0.631. The van der Waals surface area contributed by atoms with Crippen LogP contribution in [0.5, 0.6) is 0 Å². The molecule has 86 valence electrons. The number of nitrogens with zero attached hydrogens (tertiary/aromatic N) is 4. The summed E-state index contributed by atoms with van der Waals surface area (Å²) in [4.78, 5) is 3.14. The largest absolute Gasteiger partial charge is 0.332 e. The van der Waals surface area contributed by atoms with Crippen LogP contribution < -0.4 is 0 Å². The molecule has 0 aliphatic heterocycles. The first-order valence-electron chi connectivity index (χ1n) is 3.48. The van der Waals surface area contributed by atoms with Crippen LogP contribution in [0, 0.1) is 0 Å². The van der Waals surface area contributed by atoms with Gasteiger partial charge in [-0.2, -0.15) is 21.1 Å². The SMILES string of the molecule is CN(C)S(=O)(=O)n1cnc(S(=O)(=O)O)n1. The van der Waals surface area contributed by atoms with E-state index >= 15 is 0 Å². The van der Waals surface area contributed by atoms with Crippen LogP contribution in [0.25, 0.3) is 0 Å². The highest BCUT2D eigenvalue weighted by molar-refractivity contribution is 7.87. The molecule has 9 nitrogen and oxygen atoms in total. The van der Waals surface area contributed by atoms with Crippen molar-refractivity contribution in [2.45, 2.75) is 5.16 Å². The standard InChI is InChI=1S/C4H8N4O5S2/c1-7(2)15(12,13)8-3-5-4(6-8)14(9,10)11/h3H,1-2H3,(H,9,10,11). The van der Waals surface area contributed by atoms with Crippen LogP contribution >= 0.6 is 0 Å². The summed E-state index contributed by atoms with van der Waals surface area (Å²) in [5, 5.41) is 2.15. The molecule has 0 aliphatic carbocycles. The van der Waals surface area contributed by atoms with Crippen LogP contribution in [0.15, 0.2) is 11.5 Å². The van der Waals surface area contributed by atoms with Crippen molar-refractivity contribution in [3.8, 4) is 0 Å². The fraction of sp³-hybridized carbons (Fsp3) is 0.500. The summed E-state index contributed by atoms with van der Waals surface area (Å²) in [6.07, 6.45) is 0.679. The summed E-state index contributed by atoms with van der Waals surface area (Å²) in [7, 11) is -6.03. The van der Waals surface area contributed by atoms with Crippen LogP contribution in [-0.4, -0.2) is 54.0 Å². The molecule has 0 amide bonds. The number of hydrogen-bond donors (Lipinski definition) is 1. The average molecular weight is 256 g/mol. The van der Waals surface area contributed by atoms with E-state index in [-0.39, 0.29) is 0 Å². The van der Waals surface area contributed by atoms with E-state index in [4.69, 9.17) is 4.55 Å². The van der Waals surface area contributed by atoms with Gasteiger partial charge in [-0.05, 0) is 0 Å². The molecule has 0 saturated carbocycles. The predicted octanol–water partition coefficient (Wildman–Crippen LogP) is -1.82. The lowest BCUT2D eigenvalue weighted by atomic mass is 11.3. The Morgan fingerprint density at radius 3 is 2.20 bits per heavy atom. The molecule has 1 rings (SSSR count). The van der Waals surface area contributed by atoms with Gasteiger partial charge in [0.15, 0.2) is 0 Å². The molecule has 1 aromatic heterocycles. The van der Waals surface area contributed by atoms with E-state index in [1.165, 1.54) is 14.1 Å². The van der Waals surface area contributed by atoms with Crippen LogP contribution in [0.1, 0.15) is 0 Å². The van der Waals surface area contributed by atoms with Crippen LogP contribution in [0.2, 0.25) is 0 Å². The highest BCUT2D eigenvalue weighted by atomic mass is 32.2. The highest BCUT2D eigenvalue weighted by Crippen LogP contribution is 2.03. The Labute approximate surface area is 86.3 Å². The van der Waals surface area contributed by atoms with E-state index in [9.17, 15) is 16.8 Å². The van der Waals surface area contributed by atoms with Gasteiger partial charge in [0.2, 0.25) is 0 Å². The topological polar surface area (TPSA) is 122 Å². The Hall–Kier alpha value is -1.04. The van der Waals surface area contributed by atoms with Crippen LogP contribution in [0.4, 0.5) is 0 Å². The molecule has 0 unspecified atom stereocenters. The third-order valence-corrected chi connectivity index (χ3v) is 3.60. The van der Waals surface area contributed by atoms with Crippen molar-refractivity contribution in [2.24, 2.45) is 0 Å². The fourth-order valence-electron chi connectivity index (χ4n) is 0.631. The van der Waals surface area contributed by atoms with Gasteiger partial charge in [0, 0.05) is 14.1 Å².